The van der Waals surface area contributed by atoms with Crippen molar-refractivity contribution in [3.05, 3.63) is 34.8 Å². The predicted molar refractivity (Wildman–Crippen MR) is 61.9 cm³/mol. The number of ketones is 2. The third-order valence-corrected chi connectivity index (χ3v) is 4.09. The predicted octanol–water partition coefficient (Wildman–Crippen LogP) is 2.62. The third kappa shape index (κ3) is 1.28. The molecule has 3 nitrogen and oxygen atoms in total. The molecule has 0 aliphatic heterocycles. The van der Waals surface area contributed by atoms with E-state index in [0.29, 0.717) is 25.0 Å². The van der Waals surface area contributed by atoms with E-state index in [1.165, 1.54) is 0 Å². The molecule has 0 N–H and O–H groups in total. The molecule has 0 bridgehead atoms. The van der Waals surface area contributed by atoms with Crippen LogP contribution in [0, 0.1) is 12.3 Å². The Balaban J connectivity index is 2.20. The van der Waals surface area contributed by atoms with Crippen LogP contribution in [0.1, 0.15) is 41.4 Å². The Bertz CT molecular complexity index is 562. The first kappa shape index (κ1) is 10.5. The number of fused-ring (bicyclic) bond motifs is 2. The summed E-state index contributed by atoms with van der Waals surface area (Å²) in [5.74, 6) is 0.664. The molecule has 1 heterocycles. The van der Waals surface area contributed by atoms with Gasteiger partial charge in [0.15, 0.2) is 11.5 Å². The van der Waals surface area contributed by atoms with Crippen LogP contribution >= 0.6 is 0 Å². The highest BCUT2D eigenvalue weighted by atomic mass is 16.3. The van der Waals surface area contributed by atoms with Gasteiger partial charge < -0.3 is 4.42 Å². The lowest BCUT2D eigenvalue weighted by atomic mass is 9.65. The number of allylic oxidation sites excluding steroid dienone is 2. The van der Waals surface area contributed by atoms with Crippen molar-refractivity contribution in [1.82, 2.24) is 0 Å². The van der Waals surface area contributed by atoms with Gasteiger partial charge in [-0.3, -0.25) is 9.59 Å². The molecule has 1 atom stereocenters. The fourth-order valence-electron chi connectivity index (χ4n) is 2.78. The summed E-state index contributed by atoms with van der Waals surface area (Å²) >= 11 is 0. The highest BCUT2D eigenvalue weighted by molar-refractivity contribution is 6.06. The van der Waals surface area contributed by atoms with E-state index in [4.69, 9.17) is 4.42 Å². The Kier molecular flexibility index (Phi) is 1.97. The Morgan fingerprint density at radius 2 is 2.12 bits per heavy atom. The number of hydrogen-bond donors (Lipinski definition) is 0. The molecule has 0 fully saturated rings. The molecule has 0 aromatic carbocycles. The Hall–Kier alpha value is -1.64. The van der Waals surface area contributed by atoms with E-state index in [1.54, 1.807) is 12.3 Å². The molecule has 1 aromatic heterocycles. The van der Waals surface area contributed by atoms with Crippen LogP contribution < -0.4 is 0 Å². The van der Waals surface area contributed by atoms with Gasteiger partial charge in [0, 0.05) is 12.0 Å². The van der Waals surface area contributed by atoms with E-state index < -0.39 is 5.41 Å². The maximum atomic E-state index is 12.4. The minimum atomic E-state index is -0.523. The van der Waals surface area contributed by atoms with Crippen LogP contribution in [0.4, 0.5) is 0 Å². The lowest BCUT2D eigenvalue weighted by molar-refractivity contribution is -0.115. The van der Waals surface area contributed by atoms with Gasteiger partial charge in [-0.25, -0.2) is 0 Å². The van der Waals surface area contributed by atoms with Crippen molar-refractivity contribution in [1.29, 1.82) is 0 Å². The van der Waals surface area contributed by atoms with Gasteiger partial charge in [0.2, 0.25) is 5.78 Å². The largest absolute Gasteiger partial charge is 0.461 e. The number of hydrogen-bond acceptors (Lipinski definition) is 3. The van der Waals surface area contributed by atoms with Gasteiger partial charge in [0.25, 0.3) is 0 Å². The van der Waals surface area contributed by atoms with Crippen molar-refractivity contribution in [2.75, 3.05) is 0 Å². The topological polar surface area (TPSA) is 47.3 Å². The number of aryl methyl sites for hydroxylation is 1. The Morgan fingerprint density at radius 3 is 2.88 bits per heavy atom. The zero-order valence-corrected chi connectivity index (χ0v) is 10.0. The van der Waals surface area contributed by atoms with Gasteiger partial charge in [-0.05, 0) is 43.9 Å². The van der Waals surface area contributed by atoms with Gasteiger partial charge in [-0.15, -0.1) is 0 Å². The van der Waals surface area contributed by atoms with Crippen molar-refractivity contribution >= 4 is 11.6 Å². The molecular weight excluding hydrogens is 216 g/mol. The molecule has 1 aromatic rings. The summed E-state index contributed by atoms with van der Waals surface area (Å²) in [7, 11) is 0. The molecule has 3 heteroatoms. The summed E-state index contributed by atoms with van der Waals surface area (Å²) < 4.78 is 5.38. The first-order valence-corrected chi connectivity index (χ1v) is 5.88. The highest BCUT2D eigenvalue weighted by Crippen LogP contribution is 2.46. The van der Waals surface area contributed by atoms with Crippen LogP contribution in [0.25, 0.3) is 0 Å². The summed E-state index contributed by atoms with van der Waals surface area (Å²) in [5.41, 5.74) is 2.38. The van der Waals surface area contributed by atoms with Crippen molar-refractivity contribution in [3.63, 3.8) is 0 Å². The lowest BCUT2D eigenvalue weighted by Gasteiger charge is -2.36. The molecule has 0 amide bonds. The molecule has 2 aliphatic rings. The summed E-state index contributed by atoms with van der Waals surface area (Å²) in [6.45, 7) is 3.86. The van der Waals surface area contributed by atoms with Crippen LogP contribution in [-0.2, 0) is 11.2 Å². The molecule has 3 rings (SSSR count). The number of carbonyl (C=O) groups excluding carboxylic acids is 2. The van der Waals surface area contributed by atoms with Crippen molar-refractivity contribution in [3.8, 4) is 0 Å². The van der Waals surface area contributed by atoms with E-state index >= 15 is 0 Å². The second-order valence-electron chi connectivity index (χ2n) is 5.20. The molecular formula is C14H14O3. The highest BCUT2D eigenvalue weighted by Gasteiger charge is 2.46. The Morgan fingerprint density at radius 1 is 1.35 bits per heavy atom. The molecule has 0 radical (unpaired) electrons. The van der Waals surface area contributed by atoms with Crippen LogP contribution in [0.2, 0.25) is 0 Å². The summed E-state index contributed by atoms with van der Waals surface area (Å²) in [6, 6.07) is 0. The molecule has 2 aliphatic carbocycles. The second-order valence-corrected chi connectivity index (χ2v) is 5.20. The van der Waals surface area contributed by atoms with Crippen molar-refractivity contribution in [2.45, 2.75) is 33.1 Å². The van der Waals surface area contributed by atoms with E-state index in [-0.39, 0.29) is 11.6 Å². The van der Waals surface area contributed by atoms with Gasteiger partial charge >= 0.3 is 0 Å². The van der Waals surface area contributed by atoms with Gasteiger partial charge in [0.05, 0.1) is 11.7 Å². The fourth-order valence-corrected chi connectivity index (χ4v) is 2.78. The third-order valence-electron chi connectivity index (χ3n) is 4.09. The van der Waals surface area contributed by atoms with E-state index in [0.717, 1.165) is 16.7 Å². The number of furan rings is 1. The second kappa shape index (κ2) is 3.19. The quantitative estimate of drug-likeness (QED) is 0.688. The van der Waals surface area contributed by atoms with Crippen molar-refractivity contribution < 1.29 is 14.0 Å². The normalized spacial score (nSPS) is 27.5. The molecule has 0 saturated carbocycles. The molecule has 0 spiro atoms. The molecule has 17 heavy (non-hydrogen) atoms. The average Bonchev–Trinajstić information content (AvgIpc) is 2.65. The van der Waals surface area contributed by atoms with E-state index in [2.05, 4.69) is 0 Å². The first-order chi connectivity index (χ1) is 8.02. The molecule has 0 saturated heterocycles. The minimum Gasteiger partial charge on any atom is -0.461 e. The lowest BCUT2D eigenvalue weighted by Crippen LogP contribution is -2.38. The van der Waals surface area contributed by atoms with Crippen LogP contribution in [0.15, 0.2) is 22.3 Å². The fraction of sp³-hybridized carbons (Fsp3) is 0.429. The molecule has 0 unspecified atom stereocenters. The van der Waals surface area contributed by atoms with Crippen molar-refractivity contribution in [2.24, 2.45) is 5.41 Å². The van der Waals surface area contributed by atoms with Gasteiger partial charge in [0.1, 0.15) is 0 Å². The minimum absolute atomic E-state index is 0.0330. The number of carbonyl (C=O) groups is 2. The smallest absolute Gasteiger partial charge is 0.208 e. The zero-order valence-electron chi connectivity index (χ0n) is 10.0. The summed E-state index contributed by atoms with van der Waals surface area (Å²) in [4.78, 5) is 23.9. The SMILES string of the molecule is Cc1coc2c1CC1=CC(=O)CC[C@]1(C)C2=O. The van der Waals surface area contributed by atoms with Gasteiger partial charge in [-0.1, -0.05) is 0 Å². The monoisotopic (exact) mass is 230 g/mol. The first-order valence-electron chi connectivity index (χ1n) is 5.88. The zero-order chi connectivity index (χ0) is 12.2. The summed E-state index contributed by atoms with van der Waals surface area (Å²) in [6.07, 6.45) is 5.03. The van der Waals surface area contributed by atoms with Crippen LogP contribution in [0.3, 0.4) is 0 Å². The maximum Gasteiger partial charge on any atom is 0.208 e. The van der Waals surface area contributed by atoms with E-state index in [1.807, 2.05) is 13.8 Å². The Labute approximate surface area is 99.5 Å². The maximum absolute atomic E-state index is 12.4. The number of rotatable bonds is 0. The average molecular weight is 230 g/mol. The summed E-state index contributed by atoms with van der Waals surface area (Å²) in [5, 5.41) is 0. The number of Topliss-reactive ketones (excluding diaryl/α,β-unsaturated/α-hetero) is 1. The standard InChI is InChI=1S/C14H14O3/c1-8-7-17-12-11(8)6-9-5-10(15)3-4-14(9,2)13(12)16/h5,7H,3-4,6H2,1-2H3/t14-/m0/s1. The van der Waals surface area contributed by atoms with Gasteiger partial charge in [-0.2, -0.15) is 0 Å². The van der Waals surface area contributed by atoms with E-state index in [9.17, 15) is 9.59 Å². The van der Waals surface area contributed by atoms with Crippen LogP contribution in [-0.4, -0.2) is 11.6 Å². The molecule has 88 valence electrons. The van der Waals surface area contributed by atoms with Crippen LogP contribution in [0.5, 0.6) is 0 Å².